The molecular weight excluding hydrogens is 538 g/mol. The predicted octanol–water partition coefficient (Wildman–Crippen LogP) is 5.14. The first-order chi connectivity index (χ1) is 13.6. The third-order valence-electron chi connectivity index (χ3n) is 3.40. The molecule has 0 radical (unpaired) electrons. The van der Waals surface area contributed by atoms with Crippen LogP contribution in [0.3, 0.4) is 0 Å². The normalized spacial score (nSPS) is 18.6. The molecule has 0 aliphatic rings. The third kappa shape index (κ3) is 4.75. The average Bonchev–Trinajstić information content (AvgIpc) is 2.57. The first kappa shape index (κ1) is 30.9. The number of halogens is 17. The molecule has 4 nitrogen and oxygen atoms in total. The van der Waals surface area contributed by atoms with Crippen LogP contribution in [0.25, 0.3) is 0 Å². The minimum atomic E-state index is -8.58. The minimum absolute atomic E-state index is 2.21. The number of alkyl halides is 17. The molecule has 0 aromatic heterocycles. The molecule has 0 saturated heterocycles. The van der Waals surface area contributed by atoms with Crippen molar-refractivity contribution in [3.63, 3.8) is 0 Å². The van der Waals surface area contributed by atoms with Gasteiger partial charge in [0, 0.05) is 0 Å². The Balaban J connectivity index is 6.55. The monoisotopic (exact) mass is 544 g/mol. The van der Waals surface area contributed by atoms with E-state index in [1.54, 1.807) is 0 Å². The van der Waals surface area contributed by atoms with Gasteiger partial charge in [-0.25, -0.2) is 31.0 Å². The van der Waals surface area contributed by atoms with Crippen LogP contribution in [-0.2, 0) is 9.09 Å². The van der Waals surface area contributed by atoms with Crippen LogP contribution in [0.15, 0.2) is 0 Å². The second-order valence-electron chi connectivity index (χ2n) is 5.64. The van der Waals surface area contributed by atoms with Gasteiger partial charge in [0.25, 0.3) is 12.8 Å². The molecule has 0 bridgehead atoms. The third-order valence-corrected chi connectivity index (χ3v) is 3.86. The molecule has 0 aliphatic carbocycles. The summed E-state index contributed by atoms with van der Waals surface area (Å²) in [6.07, 6.45) is -21.5. The molecule has 194 valence electrons. The van der Waals surface area contributed by atoms with Crippen LogP contribution >= 0.6 is 7.82 Å². The lowest BCUT2D eigenvalue weighted by Gasteiger charge is -2.42. The largest absolute Gasteiger partial charge is 0.472 e. The van der Waals surface area contributed by atoms with Gasteiger partial charge in [0.05, 0.1) is 0 Å². The zero-order valence-electron chi connectivity index (χ0n) is 13.9. The second-order valence-corrected chi connectivity index (χ2v) is 6.83. The van der Waals surface area contributed by atoms with Crippen molar-refractivity contribution in [2.75, 3.05) is 0 Å². The Kier molecular flexibility index (Phi) is 8.32. The Morgan fingerprint density at radius 3 is 1.19 bits per heavy atom. The molecule has 0 spiro atoms. The van der Waals surface area contributed by atoms with Crippen molar-refractivity contribution in [1.29, 1.82) is 0 Å². The molecular formula is C10H6F17O4P. The highest BCUT2D eigenvalue weighted by Gasteiger charge is 2.92. The van der Waals surface area contributed by atoms with E-state index in [-0.39, 0.29) is 0 Å². The van der Waals surface area contributed by atoms with E-state index in [4.69, 9.17) is 9.79 Å². The molecule has 0 aromatic rings. The first-order valence-electron chi connectivity index (χ1n) is 6.85. The molecule has 0 rings (SSSR count). The highest BCUT2D eigenvalue weighted by molar-refractivity contribution is 7.46. The van der Waals surface area contributed by atoms with Crippen LogP contribution in [0.4, 0.5) is 74.6 Å². The highest BCUT2D eigenvalue weighted by atomic mass is 31.2. The van der Waals surface area contributed by atoms with Gasteiger partial charge in [-0.1, -0.05) is 0 Å². The Morgan fingerprint density at radius 2 is 0.906 bits per heavy atom. The van der Waals surface area contributed by atoms with E-state index in [1.807, 2.05) is 0 Å². The van der Waals surface area contributed by atoms with E-state index in [9.17, 15) is 79.2 Å². The summed E-state index contributed by atoms with van der Waals surface area (Å²) in [6, 6.07) is 0. The summed E-state index contributed by atoms with van der Waals surface area (Å²) < 4.78 is 233. The summed E-state index contributed by atoms with van der Waals surface area (Å²) in [7, 11) is -6.62. The van der Waals surface area contributed by atoms with Crippen molar-refractivity contribution in [3.8, 4) is 0 Å². The SMILES string of the molecule is O=P(O)(O)OC(F)C(F)(F)C(F)(F)C(F)(F)C(F)(F)C(F)(F)C(F)(F)C(F)C(F)C(F)F. The lowest BCUT2D eigenvalue weighted by Crippen LogP contribution is -2.73. The van der Waals surface area contributed by atoms with Crippen LogP contribution in [0.5, 0.6) is 0 Å². The Morgan fingerprint density at radius 1 is 0.594 bits per heavy atom. The van der Waals surface area contributed by atoms with E-state index in [0.29, 0.717) is 0 Å². The summed E-state index contributed by atoms with van der Waals surface area (Å²) >= 11 is 0. The number of phosphoric ester groups is 1. The summed E-state index contributed by atoms with van der Waals surface area (Å²) in [6.45, 7) is 0. The highest BCUT2D eigenvalue weighted by Crippen LogP contribution is 2.62. The molecule has 22 heteroatoms. The smallest absolute Gasteiger partial charge is 0.303 e. The van der Waals surface area contributed by atoms with Gasteiger partial charge in [-0.15, -0.1) is 0 Å². The van der Waals surface area contributed by atoms with Crippen molar-refractivity contribution in [2.24, 2.45) is 0 Å². The second kappa shape index (κ2) is 8.61. The molecule has 0 amide bonds. The summed E-state index contributed by atoms with van der Waals surface area (Å²) in [5.41, 5.74) is 0. The molecule has 0 aromatic carbocycles. The molecule has 2 N–H and O–H groups in total. The molecule has 0 saturated carbocycles. The van der Waals surface area contributed by atoms with Gasteiger partial charge in [0.1, 0.15) is 0 Å². The van der Waals surface area contributed by atoms with Gasteiger partial charge in [-0.3, -0.25) is 0 Å². The zero-order chi connectivity index (χ0) is 26.5. The maximum atomic E-state index is 13.3. The quantitative estimate of drug-likeness (QED) is 0.279. The van der Waals surface area contributed by atoms with Gasteiger partial charge in [-0.2, -0.15) is 52.7 Å². The molecule has 0 fully saturated rings. The zero-order valence-corrected chi connectivity index (χ0v) is 14.8. The predicted molar refractivity (Wildman–Crippen MR) is 63.5 cm³/mol. The summed E-state index contributed by atoms with van der Waals surface area (Å²) in [5.74, 6) is -49.0. The van der Waals surface area contributed by atoms with E-state index in [0.717, 1.165) is 0 Å². The van der Waals surface area contributed by atoms with Crippen LogP contribution in [-0.4, -0.2) is 70.4 Å². The minimum Gasteiger partial charge on any atom is -0.303 e. The van der Waals surface area contributed by atoms with E-state index in [2.05, 4.69) is 4.52 Å². The molecule has 0 aliphatic heterocycles. The van der Waals surface area contributed by atoms with Crippen molar-refractivity contribution < 1.29 is 93.5 Å². The topological polar surface area (TPSA) is 66.8 Å². The fourth-order valence-corrected chi connectivity index (χ4v) is 2.02. The average molecular weight is 544 g/mol. The Bertz CT molecular complexity index is 705. The molecule has 3 unspecified atom stereocenters. The lowest BCUT2D eigenvalue weighted by molar-refractivity contribution is -0.439. The number of hydrogen-bond donors (Lipinski definition) is 2. The summed E-state index contributed by atoms with van der Waals surface area (Å²) in [5, 5.41) is 0. The van der Waals surface area contributed by atoms with E-state index < -0.39 is 68.5 Å². The van der Waals surface area contributed by atoms with Gasteiger partial charge in [0.2, 0.25) is 6.17 Å². The number of rotatable bonds is 11. The van der Waals surface area contributed by atoms with Gasteiger partial charge in [-0.05, 0) is 0 Å². The van der Waals surface area contributed by atoms with Gasteiger partial charge >= 0.3 is 43.4 Å². The van der Waals surface area contributed by atoms with Crippen molar-refractivity contribution >= 4 is 7.82 Å². The van der Waals surface area contributed by atoms with E-state index >= 15 is 0 Å². The van der Waals surface area contributed by atoms with E-state index in [1.165, 1.54) is 0 Å². The van der Waals surface area contributed by atoms with Crippen molar-refractivity contribution in [1.82, 2.24) is 0 Å². The molecule has 0 heterocycles. The van der Waals surface area contributed by atoms with Crippen LogP contribution in [0.2, 0.25) is 0 Å². The van der Waals surface area contributed by atoms with Crippen LogP contribution in [0.1, 0.15) is 0 Å². The van der Waals surface area contributed by atoms with Crippen LogP contribution < -0.4 is 0 Å². The summed E-state index contributed by atoms with van der Waals surface area (Å²) in [4.78, 5) is 15.9. The standard InChI is InChI=1S/C10H6F17O4P/c11-1(3(13)14)2(12)5(16,17)7(20,21)9(24,25)10(26,27)8(22,23)6(18,19)4(15)31-32(28,29)30/h1-4H,(H2,28,29,30). The Labute approximate surface area is 163 Å². The molecule has 3 atom stereocenters. The van der Waals surface area contributed by atoms with Gasteiger partial charge < -0.3 is 9.79 Å². The Hall–Kier alpha value is -1.08. The number of hydrogen-bond acceptors (Lipinski definition) is 2. The fourth-order valence-electron chi connectivity index (χ4n) is 1.64. The van der Waals surface area contributed by atoms with Crippen molar-refractivity contribution in [3.05, 3.63) is 0 Å². The first-order valence-corrected chi connectivity index (χ1v) is 8.38. The van der Waals surface area contributed by atoms with Gasteiger partial charge in [0.15, 0.2) is 6.17 Å². The fraction of sp³-hybridized carbons (Fsp3) is 1.00. The maximum absolute atomic E-state index is 13.3. The number of phosphoric acid groups is 1. The molecule has 32 heavy (non-hydrogen) atoms. The van der Waals surface area contributed by atoms with Crippen LogP contribution in [0, 0.1) is 0 Å². The van der Waals surface area contributed by atoms with Crippen molar-refractivity contribution in [2.45, 2.75) is 60.7 Å². The maximum Gasteiger partial charge on any atom is 0.472 e. The lowest BCUT2D eigenvalue weighted by atomic mass is 9.89.